The van der Waals surface area contributed by atoms with E-state index in [2.05, 4.69) is 5.32 Å². The van der Waals surface area contributed by atoms with Crippen molar-refractivity contribution in [3.8, 4) is 0 Å². The molecule has 1 aliphatic heterocycles. The van der Waals surface area contributed by atoms with E-state index in [1.807, 2.05) is 54.3 Å². The van der Waals surface area contributed by atoms with Crippen LogP contribution in [0.1, 0.15) is 51.1 Å². The minimum absolute atomic E-state index is 0.00714. The monoisotopic (exact) mass is 334 g/mol. The highest BCUT2D eigenvalue weighted by Crippen LogP contribution is 2.30. The number of nitrogens with zero attached hydrogens (tertiary/aromatic N) is 1. The summed E-state index contributed by atoms with van der Waals surface area (Å²) in [4.78, 5) is 27.0. The second-order valence-corrected chi connectivity index (χ2v) is 7.02. The molecule has 4 nitrogen and oxygen atoms in total. The maximum atomic E-state index is 12.9. The number of aryl methyl sites for hydroxylation is 2. The summed E-state index contributed by atoms with van der Waals surface area (Å²) in [6, 6.07) is 13.7. The van der Waals surface area contributed by atoms with Crippen LogP contribution in [0.5, 0.6) is 0 Å². The Morgan fingerprint density at radius 1 is 1.04 bits per heavy atom. The molecule has 0 saturated heterocycles. The minimum Gasteiger partial charge on any atom is -0.349 e. The Kier molecular flexibility index (Phi) is 4.04. The molecule has 0 unspecified atom stereocenters. The number of hydrogen-bond donors (Lipinski definition) is 1. The first kappa shape index (κ1) is 15.9. The van der Waals surface area contributed by atoms with E-state index in [1.165, 1.54) is 0 Å². The van der Waals surface area contributed by atoms with Crippen molar-refractivity contribution < 1.29 is 9.59 Å². The molecule has 0 spiro atoms. The van der Waals surface area contributed by atoms with E-state index in [0.29, 0.717) is 23.7 Å². The van der Waals surface area contributed by atoms with Crippen LogP contribution in [0.2, 0.25) is 0 Å². The molecule has 2 aromatic rings. The average Bonchev–Trinajstić information content (AvgIpc) is 3.44. The smallest absolute Gasteiger partial charge is 0.258 e. The van der Waals surface area contributed by atoms with Gasteiger partial charge in [-0.05, 0) is 68.5 Å². The van der Waals surface area contributed by atoms with Gasteiger partial charge >= 0.3 is 0 Å². The van der Waals surface area contributed by atoms with Crippen LogP contribution in [-0.4, -0.2) is 24.4 Å². The molecule has 1 saturated carbocycles. The summed E-state index contributed by atoms with van der Waals surface area (Å²) < 4.78 is 0. The summed E-state index contributed by atoms with van der Waals surface area (Å²) in [5.74, 6) is 0.0171. The van der Waals surface area contributed by atoms with Crippen LogP contribution in [0.3, 0.4) is 0 Å². The van der Waals surface area contributed by atoms with Crippen LogP contribution in [-0.2, 0) is 6.42 Å². The summed E-state index contributed by atoms with van der Waals surface area (Å²) in [7, 11) is 0. The van der Waals surface area contributed by atoms with Crippen LogP contribution in [0.4, 0.5) is 5.69 Å². The highest BCUT2D eigenvalue weighted by molar-refractivity contribution is 6.07. The van der Waals surface area contributed by atoms with Gasteiger partial charge in [-0.1, -0.05) is 17.7 Å². The number of rotatable bonds is 3. The van der Waals surface area contributed by atoms with E-state index >= 15 is 0 Å². The van der Waals surface area contributed by atoms with Crippen molar-refractivity contribution in [1.82, 2.24) is 5.32 Å². The maximum Gasteiger partial charge on any atom is 0.258 e. The Morgan fingerprint density at radius 2 is 1.76 bits per heavy atom. The molecule has 1 fully saturated rings. The van der Waals surface area contributed by atoms with Gasteiger partial charge < -0.3 is 10.2 Å². The molecule has 0 atom stereocenters. The number of anilines is 1. The molecule has 0 aromatic heterocycles. The van der Waals surface area contributed by atoms with Crippen molar-refractivity contribution in [2.45, 2.75) is 38.6 Å². The molecule has 4 rings (SSSR count). The van der Waals surface area contributed by atoms with Crippen molar-refractivity contribution in [2.75, 3.05) is 11.4 Å². The highest BCUT2D eigenvalue weighted by atomic mass is 16.2. The van der Waals surface area contributed by atoms with Gasteiger partial charge in [0.1, 0.15) is 0 Å². The lowest BCUT2D eigenvalue weighted by Crippen LogP contribution is -2.35. The van der Waals surface area contributed by atoms with E-state index in [0.717, 1.165) is 42.5 Å². The number of carbonyl (C=O) groups excluding carboxylic acids is 2. The van der Waals surface area contributed by atoms with Crippen LogP contribution in [0.15, 0.2) is 42.5 Å². The Balaban J connectivity index is 1.59. The van der Waals surface area contributed by atoms with Gasteiger partial charge in [-0.3, -0.25) is 9.59 Å². The summed E-state index contributed by atoms with van der Waals surface area (Å²) in [5.41, 5.74) is 4.54. The third kappa shape index (κ3) is 3.29. The van der Waals surface area contributed by atoms with Crippen LogP contribution in [0, 0.1) is 6.92 Å². The Labute approximate surface area is 147 Å². The normalized spacial score (nSPS) is 16.3. The largest absolute Gasteiger partial charge is 0.349 e. The van der Waals surface area contributed by atoms with E-state index in [1.54, 1.807) is 0 Å². The van der Waals surface area contributed by atoms with E-state index in [-0.39, 0.29) is 11.8 Å². The van der Waals surface area contributed by atoms with Gasteiger partial charge in [0.2, 0.25) is 0 Å². The maximum absolute atomic E-state index is 12.9. The standard InChI is InChI=1S/C21H22N2O2/c1-14-4-6-15(7-5-14)21(25)23-12-2-3-16-13-17(8-11-19(16)23)20(24)22-18-9-10-18/h4-8,11,13,18H,2-3,9-10,12H2,1H3,(H,22,24). The summed E-state index contributed by atoms with van der Waals surface area (Å²) >= 11 is 0. The van der Waals surface area contributed by atoms with Crippen LogP contribution >= 0.6 is 0 Å². The zero-order valence-corrected chi connectivity index (χ0v) is 14.4. The third-order valence-corrected chi connectivity index (χ3v) is 4.92. The molecule has 1 heterocycles. The lowest BCUT2D eigenvalue weighted by molar-refractivity contribution is 0.0950. The van der Waals surface area contributed by atoms with Gasteiger partial charge in [-0.25, -0.2) is 0 Å². The van der Waals surface area contributed by atoms with Crippen molar-refractivity contribution >= 4 is 17.5 Å². The number of nitrogens with one attached hydrogen (secondary N) is 1. The molecule has 25 heavy (non-hydrogen) atoms. The van der Waals surface area contributed by atoms with Gasteiger partial charge in [0.05, 0.1) is 0 Å². The van der Waals surface area contributed by atoms with Gasteiger partial charge in [-0.15, -0.1) is 0 Å². The van der Waals surface area contributed by atoms with Crippen molar-refractivity contribution in [2.24, 2.45) is 0 Å². The fourth-order valence-corrected chi connectivity index (χ4v) is 3.30. The molecule has 0 bridgehead atoms. The number of hydrogen-bond acceptors (Lipinski definition) is 2. The van der Waals surface area contributed by atoms with Gasteiger partial charge in [0, 0.05) is 29.4 Å². The number of carbonyl (C=O) groups is 2. The second-order valence-electron chi connectivity index (χ2n) is 7.02. The molecule has 128 valence electrons. The average molecular weight is 334 g/mol. The third-order valence-electron chi connectivity index (χ3n) is 4.92. The molecule has 1 N–H and O–H groups in total. The Hall–Kier alpha value is -2.62. The molecule has 2 amide bonds. The van der Waals surface area contributed by atoms with Crippen molar-refractivity contribution in [1.29, 1.82) is 0 Å². The molecule has 2 aromatic carbocycles. The molecule has 4 heteroatoms. The van der Waals surface area contributed by atoms with Gasteiger partial charge in [0.25, 0.3) is 11.8 Å². The summed E-state index contributed by atoms with van der Waals surface area (Å²) in [6.45, 7) is 2.73. The number of fused-ring (bicyclic) bond motifs is 1. The summed E-state index contributed by atoms with van der Waals surface area (Å²) in [6.07, 6.45) is 3.97. The SMILES string of the molecule is Cc1ccc(C(=O)N2CCCc3cc(C(=O)NC4CC4)ccc32)cc1. The minimum atomic E-state index is -0.00714. The first-order valence-electron chi connectivity index (χ1n) is 8.94. The Bertz CT molecular complexity index is 822. The van der Waals surface area contributed by atoms with E-state index in [9.17, 15) is 9.59 Å². The van der Waals surface area contributed by atoms with Crippen LogP contribution < -0.4 is 10.2 Å². The number of benzene rings is 2. The predicted octanol–water partition coefficient (Wildman–Crippen LogP) is 3.48. The van der Waals surface area contributed by atoms with Crippen molar-refractivity contribution in [3.05, 3.63) is 64.7 Å². The summed E-state index contributed by atoms with van der Waals surface area (Å²) in [5, 5.41) is 3.02. The number of amides is 2. The second kappa shape index (κ2) is 6.36. The highest BCUT2D eigenvalue weighted by Gasteiger charge is 2.26. The zero-order valence-electron chi connectivity index (χ0n) is 14.4. The lowest BCUT2D eigenvalue weighted by Gasteiger charge is -2.30. The van der Waals surface area contributed by atoms with Crippen LogP contribution in [0.25, 0.3) is 0 Å². The molecule has 1 aliphatic carbocycles. The molecular weight excluding hydrogens is 312 g/mol. The zero-order chi connectivity index (χ0) is 17.4. The fourth-order valence-electron chi connectivity index (χ4n) is 3.30. The topological polar surface area (TPSA) is 49.4 Å². The molecule has 0 radical (unpaired) electrons. The Morgan fingerprint density at radius 3 is 2.48 bits per heavy atom. The molecular formula is C21H22N2O2. The quantitative estimate of drug-likeness (QED) is 0.934. The van der Waals surface area contributed by atoms with Gasteiger partial charge in [-0.2, -0.15) is 0 Å². The fraction of sp³-hybridized carbons (Fsp3) is 0.333. The van der Waals surface area contributed by atoms with Gasteiger partial charge in [0.15, 0.2) is 0 Å². The molecule has 2 aliphatic rings. The first-order chi connectivity index (χ1) is 12.1. The first-order valence-corrected chi connectivity index (χ1v) is 8.94. The van der Waals surface area contributed by atoms with E-state index in [4.69, 9.17) is 0 Å². The van der Waals surface area contributed by atoms with E-state index < -0.39 is 0 Å². The van der Waals surface area contributed by atoms with Crippen molar-refractivity contribution in [3.63, 3.8) is 0 Å². The predicted molar refractivity (Wildman–Crippen MR) is 98.1 cm³/mol. The lowest BCUT2D eigenvalue weighted by atomic mass is 9.98.